The minimum atomic E-state index is -0.213. The maximum absolute atomic E-state index is 14.6. The molecule has 16 nitrogen and oxygen atoms in total. The summed E-state index contributed by atoms with van der Waals surface area (Å²) in [7, 11) is 0. The highest BCUT2D eigenvalue weighted by molar-refractivity contribution is 6.08. The number of rotatable bonds is 0. The molecule has 7 aliphatic heterocycles. The molecule has 10 heterocycles. The molecule has 3 aromatic heterocycles. The predicted octanol–water partition coefficient (Wildman–Crippen LogP) is 8.34. The summed E-state index contributed by atoms with van der Waals surface area (Å²) in [4.78, 5) is 85.6. The number of nitrogens with zero attached hydrogens (tertiary/aromatic N) is 6. The van der Waals surface area contributed by atoms with Gasteiger partial charge in [-0.3, -0.25) is 38.8 Å². The molecule has 6 N–H and O–H groups in total. The number of fused-ring (bicyclic) bond motifs is 12. The minimum Gasteiger partial charge on any atom is -0.354 e. The smallest absolute Gasteiger partial charge is 0.238 e. The fraction of sp³-hybridized carbons (Fsp3) is 0.200. The molecule has 0 saturated carbocycles. The fourth-order valence-corrected chi connectivity index (χ4v) is 11.4. The van der Waals surface area contributed by atoms with E-state index in [1.54, 1.807) is 0 Å². The van der Waals surface area contributed by atoms with Crippen LogP contribution in [0.25, 0.3) is 90.9 Å². The summed E-state index contributed by atoms with van der Waals surface area (Å²) < 4.78 is 0. The molecule has 4 amide bonds. The number of hydrogen-bond acceptors (Lipinski definition) is 10. The zero-order valence-corrected chi connectivity index (χ0v) is 41.7. The SMILES string of the molecule is O=C1CN2CCN3CCN4CCN(CC2)CC(=O)Nc2ccccc2-c2c5nc(c(c6ccc([nH]6)c(c6nc(c(c7ccc2[nH]7)-c2ccccc2NC(=O)C4)C=C6)-c2ccccc2NC(=O)C3)-c2ccccc2N1)C=C5. The number of carbonyl (C=O) groups excluding carboxylic acids is 4. The van der Waals surface area contributed by atoms with Gasteiger partial charge in [-0.2, -0.15) is 0 Å². The first-order chi connectivity index (χ1) is 37.2. The van der Waals surface area contributed by atoms with Gasteiger partial charge in [-0.05, 0) is 72.8 Å². The molecular weight excluding hydrogens is 953 g/mol. The summed E-state index contributed by atoms with van der Waals surface area (Å²) in [6.45, 7) is 3.69. The number of para-hydroxylation sites is 4. The van der Waals surface area contributed by atoms with Crippen molar-refractivity contribution in [2.75, 3.05) is 99.8 Å². The van der Waals surface area contributed by atoms with Gasteiger partial charge in [-0.1, -0.05) is 72.8 Å². The Morgan fingerprint density at radius 2 is 0.526 bits per heavy atom. The molecular formula is C60H54N12O4. The molecule has 0 unspecified atom stereocenters. The van der Waals surface area contributed by atoms with Crippen LogP contribution in [0.1, 0.15) is 22.8 Å². The lowest BCUT2D eigenvalue weighted by Gasteiger charge is -2.33. The van der Waals surface area contributed by atoms with Crippen molar-refractivity contribution < 1.29 is 19.2 Å². The van der Waals surface area contributed by atoms with E-state index < -0.39 is 0 Å². The Kier molecular flexibility index (Phi) is 12.2. The molecule has 4 aromatic carbocycles. The largest absolute Gasteiger partial charge is 0.354 e. The number of nitrogens with one attached hydrogen (secondary N) is 6. The van der Waals surface area contributed by atoms with Gasteiger partial charge in [-0.15, -0.1) is 0 Å². The van der Waals surface area contributed by atoms with Crippen LogP contribution in [-0.4, -0.2) is 142 Å². The van der Waals surface area contributed by atoms with Gasteiger partial charge in [0.05, 0.1) is 49.0 Å². The van der Waals surface area contributed by atoms with Crippen LogP contribution in [0.15, 0.2) is 121 Å². The first-order valence-electron chi connectivity index (χ1n) is 25.9. The number of H-pyrrole nitrogens is 2. The van der Waals surface area contributed by atoms with Crippen molar-refractivity contribution in [2.24, 2.45) is 0 Å². The monoisotopic (exact) mass is 1010 g/mol. The van der Waals surface area contributed by atoms with E-state index in [2.05, 4.69) is 50.8 Å². The number of amides is 4. The molecule has 7 aromatic rings. The average molecular weight is 1010 g/mol. The summed E-state index contributed by atoms with van der Waals surface area (Å²) in [5.74, 6) is -0.851. The molecule has 0 atom stereocenters. The van der Waals surface area contributed by atoms with Crippen molar-refractivity contribution in [2.45, 2.75) is 0 Å². The summed E-state index contributed by atoms with van der Waals surface area (Å²) in [6.07, 6.45) is 7.99. The number of anilines is 4. The molecule has 1 saturated heterocycles. The normalized spacial score (nSPS) is 20.4. The number of benzene rings is 4. The molecule has 16 bridgehead atoms. The molecule has 0 aliphatic carbocycles. The van der Waals surface area contributed by atoms with Crippen molar-refractivity contribution >= 4 is 92.7 Å². The van der Waals surface area contributed by atoms with Crippen molar-refractivity contribution in [3.05, 3.63) is 144 Å². The van der Waals surface area contributed by atoms with Crippen LogP contribution in [0.2, 0.25) is 0 Å². The van der Waals surface area contributed by atoms with Crippen LogP contribution >= 0.6 is 0 Å². The first kappa shape index (κ1) is 46.9. The standard InChI is InChI=1S/C60H54N12O4/c73-53-33-69-25-27-70-29-31-72-32-30-71(28-26-69)35-55(75)67-43-15-7-3-11-39(43)59-48-20-18-46(62-48)57(37-9-1-5-13-41(37)65-53)45-17-19-47(61-45)58(38-10-2-6-14-42(38)66-54(74)34-70)49-21-23-51(63-49)60(52-24-22-50(59)64-52)40-12-4-8-16-44(40)68-56(76)36-72/h1-24,61,64H,25-36H2,(H,65,73)(H,66,74)(H,67,75)(H,68,76). The zero-order chi connectivity index (χ0) is 51.3. The van der Waals surface area contributed by atoms with E-state index in [0.717, 1.165) is 66.6 Å². The Labute approximate surface area is 438 Å². The van der Waals surface area contributed by atoms with Gasteiger partial charge in [0.15, 0.2) is 0 Å². The lowest BCUT2D eigenvalue weighted by Crippen LogP contribution is -2.50. The molecule has 16 heteroatoms. The minimum absolute atomic E-state index is 0.0479. The van der Waals surface area contributed by atoms with Crippen LogP contribution in [0, 0.1) is 0 Å². The molecule has 76 heavy (non-hydrogen) atoms. The van der Waals surface area contributed by atoms with Crippen LogP contribution in [0.3, 0.4) is 0 Å². The highest BCUT2D eigenvalue weighted by Crippen LogP contribution is 2.43. The number of hydrogen-bond donors (Lipinski definition) is 6. The fourth-order valence-electron chi connectivity index (χ4n) is 11.4. The van der Waals surface area contributed by atoms with Gasteiger partial charge >= 0.3 is 0 Å². The highest BCUT2D eigenvalue weighted by Gasteiger charge is 2.27. The van der Waals surface area contributed by atoms with Gasteiger partial charge < -0.3 is 31.2 Å². The second-order valence-corrected chi connectivity index (χ2v) is 20.0. The van der Waals surface area contributed by atoms with Crippen LogP contribution in [-0.2, 0) is 19.2 Å². The second kappa shape index (κ2) is 19.8. The van der Waals surface area contributed by atoms with Crippen molar-refractivity contribution in [1.82, 2.24) is 39.5 Å². The highest BCUT2D eigenvalue weighted by atomic mass is 16.2. The van der Waals surface area contributed by atoms with Gasteiger partial charge in [0.1, 0.15) is 0 Å². The van der Waals surface area contributed by atoms with E-state index in [-0.39, 0.29) is 49.8 Å². The number of aromatic amines is 2. The molecule has 14 rings (SSSR count). The molecule has 0 radical (unpaired) electrons. The number of carbonyl (C=O) groups is 4. The summed E-state index contributed by atoms with van der Waals surface area (Å²) in [5, 5.41) is 13.2. The molecule has 7 aliphatic rings. The maximum Gasteiger partial charge on any atom is 0.238 e. The van der Waals surface area contributed by atoms with Crippen LogP contribution < -0.4 is 21.3 Å². The van der Waals surface area contributed by atoms with Gasteiger partial charge in [0.25, 0.3) is 0 Å². The third-order valence-corrected chi connectivity index (χ3v) is 15.0. The average Bonchev–Trinajstić information content (AvgIpc) is 4.28. The topological polar surface area (TPSA) is 187 Å². The van der Waals surface area contributed by atoms with Crippen molar-refractivity contribution in [1.29, 1.82) is 0 Å². The third-order valence-electron chi connectivity index (χ3n) is 15.0. The molecule has 378 valence electrons. The van der Waals surface area contributed by atoms with Gasteiger partial charge in [0, 0.05) is 142 Å². The third kappa shape index (κ3) is 9.17. The molecule has 1 fully saturated rings. The lowest BCUT2D eigenvalue weighted by molar-refractivity contribution is -0.120. The van der Waals surface area contributed by atoms with E-state index >= 15 is 0 Å². The Morgan fingerprint density at radius 1 is 0.303 bits per heavy atom. The van der Waals surface area contributed by atoms with Gasteiger partial charge in [0.2, 0.25) is 23.6 Å². The zero-order valence-electron chi connectivity index (χ0n) is 41.7. The van der Waals surface area contributed by atoms with E-state index in [0.29, 0.717) is 97.9 Å². The summed E-state index contributed by atoms with van der Waals surface area (Å²) in [5.41, 5.74) is 13.9. The number of aromatic nitrogens is 4. The maximum atomic E-state index is 14.6. The summed E-state index contributed by atoms with van der Waals surface area (Å²) >= 11 is 0. The quantitative estimate of drug-likeness (QED) is 0.0863. The van der Waals surface area contributed by atoms with E-state index in [9.17, 15) is 19.2 Å². The Balaban J connectivity index is 1.22. The van der Waals surface area contributed by atoms with Crippen molar-refractivity contribution in [3.8, 4) is 44.5 Å². The van der Waals surface area contributed by atoms with Crippen LogP contribution in [0.4, 0.5) is 22.7 Å². The first-order valence-corrected chi connectivity index (χ1v) is 25.9. The lowest BCUT2D eigenvalue weighted by atomic mass is 10.0. The van der Waals surface area contributed by atoms with E-state index in [4.69, 9.17) is 9.97 Å². The Hall–Kier alpha value is -8.80. The Bertz CT molecular complexity index is 3300. The summed E-state index contributed by atoms with van der Waals surface area (Å²) in [6, 6.07) is 39.4. The van der Waals surface area contributed by atoms with E-state index in [1.165, 1.54) is 0 Å². The van der Waals surface area contributed by atoms with Crippen LogP contribution in [0.5, 0.6) is 0 Å². The van der Waals surface area contributed by atoms with Crippen molar-refractivity contribution in [3.63, 3.8) is 0 Å². The predicted molar refractivity (Wildman–Crippen MR) is 301 cm³/mol. The van der Waals surface area contributed by atoms with E-state index in [1.807, 2.05) is 146 Å². The van der Waals surface area contributed by atoms with Gasteiger partial charge in [-0.25, -0.2) is 9.97 Å². The Morgan fingerprint density at radius 3 is 0.763 bits per heavy atom. The second-order valence-electron chi connectivity index (χ2n) is 20.0. The molecule has 0 spiro atoms.